The van der Waals surface area contributed by atoms with Gasteiger partial charge in [-0.2, -0.15) is 0 Å². The maximum atomic E-state index is 10.7. The quantitative estimate of drug-likeness (QED) is 0.519. The Labute approximate surface area is 153 Å². The van der Waals surface area contributed by atoms with Crippen LogP contribution < -0.4 is 0 Å². The Morgan fingerprint density at radius 1 is 1.00 bits per heavy atom. The number of hydrogen-bond acceptors (Lipinski definition) is 1. The van der Waals surface area contributed by atoms with E-state index >= 15 is 0 Å². The van der Waals surface area contributed by atoms with Gasteiger partial charge in [-0.3, -0.25) is 0 Å². The molecule has 1 N–H and O–H groups in total. The lowest BCUT2D eigenvalue weighted by molar-refractivity contribution is 0.225. The van der Waals surface area contributed by atoms with Crippen LogP contribution in [0, 0.1) is 0 Å². The number of fused-ring (bicyclic) bond motifs is 3. The summed E-state index contributed by atoms with van der Waals surface area (Å²) in [5.74, 6) is 0. The van der Waals surface area contributed by atoms with E-state index in [1.165, 1.54) is 65.5 Å². The van der Waals surface area contributed by atoms with Crippen LogP contribution in [0.15, 0.2) is 36.0 Å². The first kappa shape index (κ1) is 18.2. The van der Waals surface area contributed by atoms with Crippen molar-refractivity contribution in [3.05, 3.63) is 69.3 Å². The van der Waals surface area contributed by atoms with Crippen LogP contribution in [0.1, 0.15) is 79.5 Å². The van der Waals surface area contributed by atoms with Gasteiger partial charge < -0.3 is 5.11 Å². The zero-order chi connectivity index (χ0) is 18.1. The van der Waals surface area contributed by atoms with Crippen LogP contribution in [0.4, 0.5) is 0 Å². The topological polar surface area (TPSA) is 20.2 Å². The maximum Gasteiger partial charge on any atom is 0.0974 e. The minimum Gasteiger partial charge on any atom is -0.384 e. The van der Waals surface area contributed by atoms with Crippen LogP contribution in [0.2, 0.25) is 0 Å². The summed E-state index contributed by atoms with van der Waals surface area (Å²) < 4.78 is 0. The smallest absolute Gasteiger partial charge is 0.0974 e. The second-order valence-electron chi connectivity index (χ2n) is 7.95. The second kappa shape index (κ2) is 7.33. The van der Waals surface area contributed by atoms with Crippen molar-refractivity contribution in [1.29, 1.82) is 0 Å². The molecule has 0 radical (unpaired) electrons. The number of aliphatic hydroxyl groups excluding tert-OH is 1. The minimum absolute atomic E-state index is 0.531. The van der Waals surface area contributed by atoms with Crippen LogP contribution in [-0.2, 0) is 32.1 Å². The van der Waals surface area contributed by atoms with Crippen molar-refractivity contribution in [2.24, 2.45) is 0 Å². The highest BCUT2D eigenvalue weighted by molar-refractivity contribution is 5.58. The van der Waals surface area contributed by atoms with E-state index in [1.807, 2.05) is 0 Å². The molecule has 0 aliphatic heterocycles. The summed E-state index contributed by atoms with van der Waals surface area (Å²) in [5.41, 5.74) is 12.7. The van der Waals surface area contributed by atoms with Gasteiger partial charge in [0.25, 0.3) is 0 Å². The SMILES string of the molecule is C=CC(O)c1c(CCC(C(=C)C)=C(C)C)c2c(c3c1CC3)CCCC2. The molecule has 1 unspecified atom stereocenters. The summed E-state index contributed by atoms with van der Waals surface area (Å²) in [7, 11) is 0. The first-order valence-electron chi connectivity index (χ1n) is 9.76. The molecule has 134 valence electrons. The number of allylic oxidation sites excluding steroid dienone is 3. The van der Waals surface area contributed by atoms with Crippen LogP contribution in [0.25, 0.3) is 0 Å². The predicted octanol–water partition coefficient (Wildman–Crippen LogP) is 5.73. The Bertz CT molecular complexity index is 744. The lowest BCUT2D eigenvalue weighted by atomic mass is 9.70. The van der Waals surface area contributed by atoms with E-state index in [2.05, 4.69) is 33.9 Å². The molecular formula is C24H32O. The van der Waals surface area contributed by atoms with Crippen molar-refractivity contribution < 1.29 is 5.11 Å². The first-order chi connectivity index (χ1) is 12.0. The molecule has 0 heterocycles. The number of aliphatic hydroxyl groups is 1. The fourth-order valence-corrected chi connectivity index (χ4v) is 4.82. The van der Waals surface area contributed by atoms with Gasteiger partial charge in [-0.25, -0.2) is 0 Å². The summed E-state index contributed by atoms with van der Waals surface area (Å²) in [6.45, 7) is 14.5. The van der Waals surface area contributed by atoms with Gasteiger partial charge >= 0.3 is 0 Å². The molecule has 0 saturated carbocycles. The van der Waals surface area contributed by atoms with Crippen LogP contribution in [0.3, 0.4) is 0 Å². The van der Waals surface area contributed by atoms with Crippen LogP contribution in [0.5, 0.6) is 0 Å². The average molecular weight is 337 g/mol. The Hall–Kier alpha value is -1.60. The predicted molar refractivity (Wildman–Crippen MR) is 107 cm³/mol. The highest BCUT2D eigenvalue weighted by Gasteiger charge is 2.30. The summed E-state index contributed by atoms with van der Waals surface area (Å²) in [4.78, 5) is 0. The van der Waals surface area contributed by atoms with Crippen molar-refractivity contribution in [2.45, 2.75) is 78.2 Å². The molecule has 0 bridgehead atoms. The van der Waals surface area contributed by atoms with E-state index in [9.17, 15) is 5.11 Å². The van der Waals surface area contributed by atoms with Gasteiger partial charge in [0.2, 0.25) is 0 Å². The molecular weight excluding hydrogens is 304 g/mol. The van der Waals surface area contributed by atoms with Gasteiger partial charge in [-0.15, -0.1) is 6.58 Å². The highest BCUT2D eigenvalue weighted by atomic mass is 16.3. The molecule has 0 aromatic heterocycles. The largest absolute Gasteiger partial charge is 0.384 e. The lowest BCUT2D eigenvalue weighted by Gasteiger charge is -2.35. The molecule has 1 heteroatoms. The standard InChI is InChI=1S/C24H32O/c1-6-23(25)24-21(13-11-17(15(2)3)16(4)5)19-10-8-7-9-18(19)20-12-14-22(20)24/h6,23,25H,1-2,7-14H2,3-5H3. The van der Waals surface area contributed by atoms with Crippen molar-refractivity contribution in [2.75, 3.05) is 0 Å². The van der Waals surface area contributed by atoms with E-state index in [4.69, 9.17) is 0 Å². The number of benzene rings is 1. The zero-order valence-electron chi connectivity index (χ0n) is 16.2. The van der Waals surface area contributed by atoms with E-state index in [1.54, 1.807) is 22.8 Å². The van der Waals surface area contributed by atoms with Gasteiger partial charge in [-0.1, -0.05) is 23.8 Å². The van der Waals surface area contributed by atoms with E-state index in [0.29, 0.717) is 0 Å². The molecule has 2 aliphatic rings. The molecule has 0 saturated heterocycles. The van der Waals surface area contributed by atoms with Crippen molar-refractivity contribution in [1.82, 2.24) is 0 Å². The third-order valence-corrected chi connectivity index (χ3v) is 6.10. The van der Waals surface area contributed by atoms with E-state index < -0.39 is 6.10 Å². The lowest BCUT2D eigenvalue weighted by Crippen LogP contribution is -2.24. The van der Waals surface area contributed by atoms with Crippen LogP contribution >= 0.6 is 0 Å². The number of rotatable bonds is 6. The molecule has 0 spiro atoms. The molecule has 0 amide bonds. The Morgan fingerprint density at radius 2 is 1.60 bits per heavy atom. The van der Waals surface area contributed by atoms with Gasteiger partial charge in [0.1, 0.15) is 0 Å². The molecule has 1 nitrogen and oxygen atoms in total. The van der Waals surface area contributed by atoms with Crippen LogP contribution in [-0.4, -0.2) is 5.11 Å². The van der Waals surface area contributed by atoms with E-state index in [-0.39, 0.29) is 0 Å². The van der Waals surface area contributed by atoms with Gasteiger partial charge in [0, 0.05) is 0 Å². The van der Waals surface area contributed by atoms with Crippen molar-refractivity contribution in [3.8, 4) is 0 Å². The molecule has 1 aromatic rings. The summed E-state index contributed by atoms with van der Waals surface area (Å²) >= 11 is 0. The monoisotopic (exact) mass is 336 g/mol. The zero-order valence-corrected chi connectivity index (χ0v) is 16.2. The highest BCUT2D eigenvalue weighted by Crippen LogP contribution is 2.42. The normalized spacial score (nSPS) is 16.3. The number of hydrogen-bond donors (Lipinski definition) is 1. The Kier molecular flexibility index (Phi) is 5.34. The summed E-state index contributed by atoms with van der Waals surface area (Å²) in [6, 6.07) is 0. The fourth-order valence-electron chi connectivity index (χ4n) is 4.82. The van der Waals surface area contributed by atoms with Crippen molar-refractivity contribution >= 4 is 0 Å². The second-order valence-corrected chi connectivity index (χ2v) is 7.95. The molecule has 2 aliphatic carbocycles. The molecule has 3 rings (SSSR count). The van der Waals surface area contributed by atoms with Gasteiger partial charge in [0.05, 0.1) is 6.10 Å². The Balaban J connectivity index is 2.08. The third-order valence-electron chi connectivity index (χ3n) is 6.10. The maximum absolute atomic E-state index is 10.7. The van der Waals surface area contributed by atoms with E-state index in [0.717, 1.165) is 19.3 Å². The van der Waals surface area contributed by atoms with Crippen molar-refractivity contribution in [3.63, 3.8) is 0 Å². The van der Waals surface area contributed by atoms with Gasteiger partial charge in [0.15, 0.2) is 0 Å². The molecule has 25 heavy (non-hydrogen) atoms. The summed E-state index contributed by atoms with van der Waals surface area (Å²) in [5, 5.41) is 10.7. The molecule has 0 fully saturated rings. The summed E-state index contributed by atoms with van der Waals surface area (Å²) in [6.07, 6.45) is 10.5. The Morgan fingerprint density at radius 3 is 2.12 bits per heavy atom. The third kappa shape index (κ3) is 3.27. The molecule has 1 aromatic carbocycles. The fraction of sp³-hybridized carbons (Fsp3) is 0.500. The van der Waals surface area contributed by atoms with Gasteiger partial charge in [-0.05, 0) is 111 Å². The average Bonchev–Trinajstić information content (AvgIpc) is 2.54. The minimum atomic E-state index is -0.531. The molecule has 1 atom stereocenters. The first-order valence-corrected chi connectivity index (χ1v) is 9.76.